The van der Waals surface area contributed by atoms with Gasteiger partial charge in [0.05, 0.1) is 13.7 Å². The van der Waals surface area contributed by atoms with Crippen molar-refractivity contribution in [3.63, 3.8) is 0 Å². The molecule has 8 heteroatoms. The van der Waals surface area contributed by atoms with Crippen molar-refractivity contribution in [1.82, 2.24) is 0 Å². The first-order chi connectivity index (χ1) is 12.4. The van der Waals surface area contributed by atoms with Crippen molar-refractivity contribution in [2.75, 3.05) is 18.4 Å². The van der Waals surface area contributed by atoms with Crippen LogP contribution in [0.3, 0.4) is 0 Å². The molecule has 0 bridgehead atoms. The van der Waals surface area contributed by atoms with Crippen LogP contribution in [0.25, 0.3) is 6.08 Å². The summed E-state index contributed by atoms with van der Waals surface area (Å²) in [7, 11) is -2.53. The summed E-state index contributed by atoms with van der Waals surface area (Å²) in [6.45, 7) is 2.32. The van der Waals surface area contributed by atoms with Gasteiger partial charge in [0.15, 0.2) is 16.4 Å². The maximum absolute atomic E-state index is 12.5. The van der Waals surface area contributed by atoms with E-state index in [2.05, 4.69) is 20.7 Å². The Morgan fingerprint density at radius 3 is 2.50 bits per heavy atom. The number of methoxy groups -OCH3 is 1. The minimum atomic E-state index is -4.01. The molecule has 0 aliphatic rings. The number of anilines is 1. The van der Waals surface area contributed by atoms with Gasteiger partial charge in [0.2, 0.25) is 0 Å². The van der Waals surface area contributed by atoms with Crippen LogP contribution in [-0.2, 0) is 10.0 Å². The van der Waals surface area contributed by atoms with Crippen molar-refractivity contribution in [1.29, 1.82) is 5.26 Å². The Bertz CT molecular complexity index is 948. The molecule has 0 aliphatic carbocycles. The fraction of sp³-hybridized carbons (Fsp3) is 0.167. The fourth-order valence-corrected chi connectivity index (χ4v) is 3.33. The Hall–Kier alpha value is -2.50. The lowest BCUT2D eigenvalue weighted by Gasteiger charge is -2.10. The largest absolute Gasteiger partial charge is 0.493 e. The molecule has 0 atom stereocenters. The third kappa shape index (κ3) is 5.00. The van der Waals surface area contributed by atoms with E-state index in [0.717, 1.165) is 4.47 Å². The van der Waals surface area contributed by atoms with Crippen LogP contribution in [0.15, 0.2) is 51.8 Å². The van der Waals surface area contributed by atoms with E-state index in [1.54, 1.807) is 48.5 Å². The SMILES string of the molecule is CCOc1ccc(/C=C(/C#N)S(=O)(=O)Nc2ccc(Br)cc2)cc1OC. The third-order valence-electron chi connectivity index (χ3n) is 3.28. The number of nitrogens with one attached hydrogen (secondary N) is 1. The number of rotatable bonds is 7. The highest BCUT2D eigenvalue weighted by Crippen LogP contribution is 2.29. The zero-order valence-electron chi connectivity index (χ0n) is 14.2. The smallest absolute Gasteiger partial charge is 0.272 e. The predicted molar refractivity (Wildman–Crippen MR) is 104 cm³/mol. The maximum Gasteiger partial charge on any atom is 0.272 e. The zero-order chi connectivity index (χ0) is 19.2. The van der Waals surface area contributed by atoms with Gasteiger partial charge < -0.3 is 9.47 Å². The summed E-state index contributed by atoms with van der Waals surface area (Å²) in [6, 6.07) is 13.2. The summed E-state index contributed by atoms with van der Waals surface area (Å²) >= 11 is 3.28. The lowest BCUT2D eigenvalue weighted by molar-refractivity contribution is 0.311. The topological polar surface area (TPSA) is 88.4 Å². The second-order valence-corrected chi connectivity index (χ2v) is 7.64. The van der Waals surface area contributed by atoms with E-state index in [4.69, 9.17) is 9.47 Å². The third-order valence-corrected chi connectivity index (χ3v) is 5.10. The molecular formula is C18H17BrN2O4S. The number of ether oxygens (including phenoxy) is 2. The molecule has 2 aromatic rings. The van der Waals surface area contributed by atoms with Gasteiger partial charge in [-0.1, -0.05) is 22.0 Å². The molecule has 1 N–H and O–H groups in total. The number of halogens is 1. The number of sulfonamides is 1. The van der Waals surface area contributed by atoms with Crippen LogP contribution < -0.4 is 14.2 Å². The van der Waals surface area contributed by atoms with E-state index >= 15 is 0 Å². The maximum atomic E-state index is 12.5. The van der Waals surface area contributed by atoms with Gasteiger partial charge in [-0.3, -0.25) is 4.72 Å². The van der Waals surface area contributed by atoms with E-state index in [1.807, 2.05) is 6.92 Å². The zero-order valence-corrected chi connectivity index (χ0v) is 16.6. The Labute approximate surface area is 161 Å². The number of hydrogen-bond acceptors (Lipinski definition) is 5. The first kappa shape index (κ1) is 19.8. The first-order valence-corrected chi connectivity index (χ1v) is 9.88. The molecule has 0 saturated carbocycles. The molecule has 0 amide bonds. The highest BCUT2D eigenvalue weighted by Gasteiger charge is 2.18. The van der Waals surface area contributed by atoms with Gasteiger partial charge in [0.25, 0.3) is 10.0 Å². The predicted octanol–water partition coefficient (Wildman–Crippen LogP) is 4.16. The summed E-state index contributed by atoms with van der Waals surface area (Å²) in [5, 5.41) is 9.31. The molecule has 26 heavy (non-hydrogen) atoms. The van der Waals surface area contributed by atoms with E-state index in [1.165, 1.54) is 13.2 Å². The molecule has 2 rings (SSSR count). The Kier molecular flexibility index (Phi) is 6.66. The monoisotopic (exact) mass is 436 g/mol. The van der Waals surface area contributed by atoms with E-state index in [0.29, 0.717) is 29.4 Å². The van der Waals surface area contributed by atoms with Crippen molar-refractivity contribution in [3.05, 3.63) is 57.4 Å². The molecule has 0 spiro atoms. The van der Waals surface area contributed by atoms with Gasteiger partial charge in [-0.15, -0.1) is 0 Å². The molecule has 0 aliphatic heterocycles. The van der Waals surface area contributed by atoms with Crippen LogP contribution in [0, 0.1) is 11.3 Å². The summed E-state index contributed by atoms with van der Waals surface area (Å²) in [5.41, 5.74) is 0.863. The van der Waals surface area contributed by atoms with Crippen LogP contribution in [0.4, 0.5) is 5.69 Å². The van der Waals surface area contributed by atoms with Crippen molar-refractivity contribution >= 4 is 37.7 Å². The molecule has 0 fully saturated rings. The van der Waals surface area contributed by atoms with Gasteiger partial charge in [-0.05, 0) is 55.0 Å². The number of benzene rings is 2. The summed E-state index contributed by atoms with van der Waals surface area (Å²) in [5.74, 6) is 0.998. The first-order valence-electron chi connectivity index (χ1n) is 7.60. The van der Waals surface area contributed by atoms with Gasteiger partial charge in [0, 0.05) is 10.2 Å². The van der Waals surface area contributed by atoms with E-state index in [-0.39, 0.29) is 0 Å². The second kappa shape index (κ2) is 8.74. The standard InChI is InChI=1S/C18H17BrN2O4S/c1-3-25-17-9-4-13(11-18(17)24-2)10-16(12-20)26(22,23)21-15-7-5-14(19)6-8-15/h4-11,21H,3H2,1-2H3/b16-10-. The lowest BCUT2D eigenvalue weighted by atomic mass is 10.2. The number of nitrogens with zero attached hydrogens (tertiary/aromatic N) is 1. The normalized spacial score (nSPS) is 11.5. The van der Waals surface area contributed by atoms with Crippen molar-refractivity contribution in [3.8, 4) is 17.6 Å². The average molecular weight is 437 g/mol. The Morgan fingerprint density at radius 2 is 1.92 bits per heavy atom. The van der Waals surface area contributed by atoms with Crippen molar-refractivity contribution in [2.45, 2.75) is 6.92 Å². The van der Waals surface area contributed by atoms with Gasteiger partial charge in [-0.2, -0.15) is 5.26 Å². The van der Waals surface area contributed by atoms with Crippen molar-refractivity contribution in [2.24, 2.45) is 0 Å². The summed E-state index contributed by atoms with van der Waals surface area (Å²) in [6.07, 6.45) is 1.28. The molecule has 2 aromatic carbocycles. The summed E-state index contributed by atoms with van der Waals surface area (Å²) in [4.78, 5) is -0.411. The average Bonchev–Trinajstić information content (AvgIpc) is 2.62. The molecule has 0 saturated heterocycles. The van der Waals surface area contributed by atoms with Crippen LogP contribution in [0.2, 0.25) is 0 Å². The highest BCUT2D eigenvalue weighted by molar-refractivity contribution is 9.10. The molecule has 0 unspecified atom stereocenters. The van der Waals surface area contributed by atoms with Gasteiger partial charge in [0.1, 0.15) is 6.07 Å². The van der Waals surface area contributed by atoms with Gasteiger partial charge >= 0.3 is 0 Å². The number of nitriles is 1. The second-order valence-electron chi connectivity index (χ2n) is 5.08. The van der Waals surface area contributed by atoms with E-state index < -0.39 is 14.9 Å². The molecule has 136 valence electrons. The number of allylic oxidation sites excluding steroid dienone is 1. The molecular weight excluding hydrogens is 420 g/mol. The molecule has 6 nitrogen and oxygen atoms in total. The molecule has 0 aromatic heterocycles. The number of hydrogen-bond donors (Lipinski definition) is 1. The summed E-state index contributed by atoms with van der Waals surface area (Å²) < 4.78 is 38.8. The van der Waals surface area contributed by atoms with Crippen LogP contribution in [0.5, 0.6) is 11.5 Å². The molecule has 0 radical (unpaired) electrons. The minimum absolute atomic E-state index is 0.360. The van der Waals surface area contributed by atoms with Crippen LogP contribution in [0.1, 0.15) is 12.5 Å². The highest BCUT2D eigenvalue weighted by atomic mass is 79.9. The van der Waals surface area contributed by atoms with E-state index in [9.17, 15) is 13.7 Å². The Balaban J connectivity index is 2.34. The Morgan fingerprint density at radius 1 is 1.23 bits per heavy atom. The minimum Gasteiger partial charge on any atom is -0.493 e. The lowest BCUT2D eigenvalue weighted by Crippen LogP contribution is -2.14. The van der Waals surface area contributed by atoms with Crippen LogP contribution in [-0.4, -0.2) is 22.1 Å². The van der Waals surface area contributed by atoms with Gasteiger partial charge in [-0.25, -0.2) is 8.42 Å². The quantitative estimate of drug-likeness (QED) is 0.658. The fourth-order valence-electron chi connectivity index (χ4n) is 2.10. The van der Waals surface area contributed by atoms with Crippen LogP contribution >= 0.6 is 15.9 Å². The van der Waals surface area contributed by atoms with Crippen molar-refractivity contribution < 1.29 is 17.9 Å². The molecule has 0 heterocycles.